The van der Waals surface area contributed by atoms with Crippen molar-refractivity contribution in [2.24, 2.45) is 10.9 Å². The van der Waals surface area contributed by atoms with E-state index in [1.807, 2.05) is 31.2 Å². The molecule has 156 valence electrons. The Bertz CT molecular complexity index is 644. The zero-order chi connectivity index (χ0) is 19.5. The lowest BCUT2D eigenvalue weighted by Crippen LogP contribution is -2.46. The second-order valence-corrected chi connectivity index (χ2v) is 6.39. The van der Waals surface area contributed by atoms with E-state index in [0.717, 1.165) is 49.7 Å². The predicted octanol–water partition coefficient (Wildman–Crippen LogP) is 3.61. The van der Waals surface area contributed by atoms with E-state index >= 15 is 0 Å². The molecule has 0 unspecified atom stereocenters. The number of para-hydroxylation sites is 1. The van der Waals surface area contributed by atoms with Crippen molar-refractivity contribution in [3.63, 3.8) is 0 Å². The molecular weight excluding hydrogens is 469 g/mol. The van der Waals surface area contributed by atoms with E-state index in [-0.39, 0.29) is 35.9 Å². The fourth-order valence-corrected chi connectivity index (χ4v) is 3.10. The molecule has 0 amide bonds. The van der Waals surface area contributed by atoms with Crippen LogP contribution < -0.4 is 10.1 Å². The van der Waals surface area contributed by atoms with Crippen LogP contribution in [0.1, 0.15) is 32.3 Å². The number of ether oxygens (including phenoxy) is 2. The number of benzene rings is 1. The summed E-state index contributed by atoms with van der Waals surface area (Å²) < 4.78 is 10.9. The van der Waals surface area contributed by atoms with Crippen LogP contribution in [-0.2, 0) is 16.1 Å². The first-order chi connectivity index (χ1) is 13.2. The number of hydrogen-bond acceptors (Lipinski definition) is 4. The SMILES string of the molecule is C=CCOc1ccccc1CN=C(NCC)N1CCC(C(=O)OCC)CC1.I. The highest BCUT2D eigenvalue weighted by atomic mass is 127. The van der Waals surface area contributed by atoms with E-state index in [1.54, 1.807) is 6.08 Å². The lowest BCUT2D eigenvalue weighted by Gasteiger charge is -2.33. The number of aliphatic imine (C=N–C) groups is 1. The summed E-state index contributed by atoms with van der Waals surface area (Å²) in [5.41, 5.74) is 1.04. The maximum Gasteiger partial charge on any atom is 0.309 e. The third-order valence-electron chi connectivity index (χ3n) is 4.48. The second kappa shape index (κ2) is 13.4. The number of halogens is 1. The highest BCUT2D eigenvalue weighted by Crippen LogP contribution is 2.21. The third kappa shape index (κ3) is 7.33. The lowest BCUT2D eigenvalue weighted by atomic mass is 9.97. The van der Waals surface area contributed by atoms with Crippen LogP contribution in [0.3, 0.4) is 0 Å². The molecule has 1 N–H and O–H groups in total. The molecular formula is C21H32IN3O3. The standard InChI is InChI=1S/C21H31N3O3.HI/c1-4-15-27-19-10-8-7-9-18(19)16-23-21(22-5-2)24-13-11-17(12-14-24)20(25)26-6-3;/h4,7-10,17H,1,5-6,11-16H2,2-3H3,(H,22,23);1H. The normalized spacial score (nSPS) is 14.8. The van der Waals surface area contributed by atoms with Crippen molar-refractivity contribution in [3.8, 4) is 5.75 Å². The summed E-state index contributed by atoms with van der Waals surface area (Å²) in [7, 11) is 0. The van der Waals surface area contributed by atoms with Crippen LogP contribution in [-0.4, -0.2) is 49.7 Å². The van der Waals surface area contributed by atoms with Gasteiger partial charge in [0, 0.05) is 25.2 Å². The summed E-state index contributed by atoms with van der Waals surface area (Å²) in [6.07, 6.45) is 3.32. The molecule has 1 aliphatic rings. The molecule has 28 heavy (non-hydrogen) atoms. The minimum atomic E-state index is -0.0765. The van der Waals surface area contributed by atoms with Crippen LogP contribution in [0.15, 0.2) is 41.9 Å². The monoisotopic (exact) mass is 501 g/mol. The summed E-state index contributed by atoms with van der Waals surface area (Å²) in [5, 5.41) is 3.36. The zero-order valence-corrected chi connectivity index (χ0v) is 19.2. The molecule has 1 aliphatic heterocycles. The molecule has 1 aromatic rings. The van der Waals surface area contributed by atoms with Gasteiger partial charge >= 0.3 is 5.97 Å². The Labute approximate surface area is 185 Å². The van der Waals surface area contributed by atoms with Gasteiger partial charge < -0.3 is 19.7 Å². The number of hydrogen-bond donors (Lipinski definition) is 1. The molecule has 0 atom stereocenters. The predicted molar refractivity (Wildman–Crippen MR) is 123 cm³/mol. The second-order valence-electron chi connectivity index (χ2n) is 6.39. The van der Waals surface area contributed by atoms with Crippen molar-refractivity contribution in [3.05, 3.63) is 42.5 Å². The summed E-state index contributed by atoms with van der Waals surface area (Å²) in [6, 6.07) is 7.92. The molecule has 0 bridgehead atoms. The van der Waals surface area contributed by atoms with E-state index < -0.39 is 0 Å². The molecule has 7 heteroatoms. The largest absolute Gasteiger partial charge is 0.489 e. The summed E-state index contributed by atoms with van der Waals surface area (Å²) >= 11 is 0. The van der Waals surface area contributed by atoms with Gasteiger partial charge in [-0.15, -0.1) is 24.0 Å². The van der Waals surface area contributed by atoms with Crippen molar-refractivity contribution in [1.29, 1.82) is 0 Å². The molecule has 1 aromatic carbocycles. The Balaban J connectivity index is 0.00000392. The number of nitrogens with zero attached hydrogens (tertiary/aromatic N) is 2. The first kappa shape index (κ1) is 24.3. The number of rotatable bonds is 8. The molecule has 0 aromatic heterocycles. The number of likely N-dealkylation sites (tertiary alicyclic amines) is 1. The number of carbonyl (C=O) groups excluding carboxylic acids is 1. The fraction of sp³-hybridized carbons (Fsp3) is 0.524. The molecule has 0 radical (unpaired) electrons. The molecule has 6 nitrogen and oxygen atoms in total. The first-order valence-electron chi connectivity index (χ1n) is 9.71. The molecule has 0 spiro atoms. The molecule has 1 saturated heterocycles. The van der Waals surface area contributed by atoms with Crippen LogP contribution in [0.4, 0.5) is 0 Å². The lowest BCUT2D eigenvalue weighted by molar-refractivity contribution is -0.149. The smallest absolute Gasteiger partial charge is 0.309 e. The van der Waals surface area contributed by atoms with Gasteiger partial charge in [0.15, 0.2) is 5.96 Å². The average Bonchev–Trinajstić information content (AvgIpc) is 2.70. The zero-order valence-electron chi connectivity index (χ0n) is 16.9. The maximum atomic E-state index is 11.9. The molecule has 0 saturated carbocycles. The summed E-state index contributed by atoms with van der Waals surface area (Å²) in [4.78, 5) is 18.9. The fourth-order valence-electron chi connectivity index (χ4n) is 3.10. The third-order valence-corrected chi connectivity index (χ3v) is 4.48. The van der Waals surface area contributed by atoms with Gasteiger partial charge in [-0.1, -0.05) is 30.9 Å². The van der Waals surface area contributed by atoms with Crippen molar-refractivity contribution in [1.82, 2.24) is 10.2 Å². The van der Waals surface area contributed by atoms with Crippen LogP contribution >= 0.6 is 24.0 Å². The topological polar surface area (TPSA) is 63.2 Å². The minimum Gasteiger partial charge on any atom is -0.489 e. The van der Waals surface area contributed by atoms with Crippen LogP contribution in [0.5, 0.6) is 5.75 Å². The van der Waals surface area contributed by atoms with Gasteiger partial charge in [0.25, 0.3) is 0 Å². The van der Waals surface area contributed by atoms with E-state index in [4.69, 9.17) is 14.5 Å². The Morgan fingerprint density at radius 2 is 2.04 bits per heavy atom. The van der Waals surface area contributed by atoms with Gasteiger partial charge in [-0.25, -0.2) is 4.99 Å². The van der Waals surface area contributed by atoms with E-state index in [2.05, 4.69) is 23.7 Å². The van der Waals surface area contributed by atoms with Crippen molar-refractivity contribution in [2.75, 3.05) is 32.8 Å². The molecule has 2 rings (SSSR count). The maximum absolute atomic E-state index is 11.9. The van der Waals surface area contributed by atoms with Gasteiger partial charge in [0.1, 0.15) is 12.4 Å². The quantitative estimate of drug-likeness (QED) is 0.194. The van der Waals surface area contributed by atoms with Crippen LogP contribution in [0.25, 0.3) is 0 Å². The Kier molecular flexibility index (Phi) is 11.6. The first-order valence-corrected chi connectivity index (χ1v) is 9.71. The van der Waals surface area contributed by atoms with Crippen molar-refractivity contribution < 1.29 is 14.3 Å². The highest BCUT2D eigenvalue weighted by Gasteiger charge is 2.27. The molecule has 0 aliphatic carbocycles. The Morgan fingerprint density at radius 1 is 1.32 bits per heavy atom. The number of guanidine groups is 1. The number of carbonyl (C=O) groups is 1. The molecule has 1 heterocycles. The summed E-state index contributed by atoms with van der Waals surface area (Å²) in [5.74, 6) is 1.63. The molecule has 1 fully saturated rings. The van der Waals surface area contributed by atoms with Gasteiger partial charge in [0.05, 0.1) is 19.1 Å². The van der Waals surface area contributed by atoms with Gasteiger partial charge in [-0.2, -0.15) is 0 Å². The van der Waals surface area contributed by atoms with E-state index in [0.29, 0.717) is 19.8 Å². The summed E-state index contributed by atoms with van der Waals surface area (Å²) in [6.45, 7) is 11.4. The Hall–Kier alpha value is -1.77. The van der Waals surface area contributed by atoms with Crippen molar-refractivity contribution >= 4 is 35.9 Å². The van der Waals surface area contributed by atoms with Crippen LogP contribution in [0.2, 0.25) is 0 Å². The van der Waals surface area contributed by atoms with E-state index in [1.165, 1.54) is 0 Å². The average molecular weight is 501 g/mol. The number of nitrogens with one attached hydrogen (secondary N) is 1. The highest BCUT2D eigenvalue weighted by molar-refractivity contribution is 14.0. The van der Waals surface area contributed by atoms with Crippen molar-refractivity contribution in [2.45, 2.75) is 33.2 Å². The number of esters is 1. The van der Waals surface area contributed by atoms with Crippen LogP contribution in [0, 0.1) is 5.92 Å². The number of piperidine rings is 1. The van der Waals surface area contributed by atoms with E-state index in [9.17, 15) is 4.79 Å². The van der Waals surface area contributed by atoms with Gasteiger partial charge in [-0.05, 0) is 32.8 Å². The van der Waals surface area contributed by atoms with Gasteiger partial charge in [-0.3, -0.25) is 4.79 Å². The Morgan fingerprint density at radius 3 is 2.68 bits per heavy atom. The van der Waals surface area contributed by atoms with Gasteiger partial charge in [0.2, 0.25) is 0 Å². The minimum absolute atomic E-state index is 0.